The first-order valence-electron chi connectivity index (χ1n) is 5.94. The fraction of sp³-hybridized carbons (Fsp3) is 0.133. The number of ether oxygens (including phenoxy) is 2. The van der Waals surface area contributed by atoms with E-state index in [1.807, 2.05) is 30.5 Å². The lowest BCUT2D eigenvalue weighted by molar-refractivity contribution is 0.0600. The van der Waals surface area contributed by atoms with E-state index in [9.17, 15) is 4.79 Å². The first kappa shape index (κ1) is 14.3. The molecule has 0 aliphatic carbocycles. The predicted octanol–water partition coefficient (Wildman–Crippen LogP) is 3.57. The molecule has 4 nitrogen and oxygen atoms in total. The quantitative estimate of drug-likeness (QED) is 0.529. The fourth-order valence-electron chi connectivity index (χ4n) is 1.69. The summed E-state index contributed by atoms with van der Waals surface area (Å²) in [4.78, 5) is 12.5. The first-order valence-corrected chi connectivity index (χ1v) is 7.17. The third-order valence-electron chi connectivity index (χ3n) is 2.72. The summed E-state index contributed by atoms with van der Waals surface area (Å²) in [7, 11) is 1.34. The van der Waals surface area contributed by atoms with Gasteiger partial charge in [-0.15, -0.1) is 11.8 Å². The van der Waals surface area contributed by atoms with Gasteiger partial charge in [-0.1, -0.05) is 12.1 Å². The molecule has 2 aromatic carbocycles. The minimum Gasteiger partial charge on any atom is -0.465 e. The molecule has 0 radical (unpaired) electrons. The lowest BCUT2D eigenvalue weighted by atomic mass is 10.2. The fourth-order valence-corrected chi connectivity index (χ4v) is 2.21. The smallest absolute Gasteiger partial charge is 0.337 e. The van der Waals surface area contributed by atoms with E-state index >= 15 is 0 Å². The van der Waals surface area contributed by atoms with Gasteiger partial charge in [0.25, 0.3) is 0 Å². The molecule has 2 rings (SSSR count). The highest BCUT2D eigenvalue weighted by atomic mass is 32.2. The summed E-state index contributed by atoms with van der Waals surface area (Å²) in [6.45, 7) is 0. The van der Waals surface area contributed by atoms with Crippen LogP contribution >= 0.6 is 11.8 Å². The molecule has 0 saturated carbocycles. The maximum atomic E-state index is 11.5. The first-order chi connectivity index (χ1) is 9.65. The number of carbonyl (C=O) groups excluding carboxylic acids is 1. The monoisotopic (exact) mass is 289 g/mol. The summed E-state index contributed by atoms with van der Waals surface area (Å²) in [5.41, 5.74) is 6.75. The Morgan fingerprint density at radius 2 is 1.90 bits per heavy atom. The van der Waals surface area contributed by atoms with Gasteiger partial charge in [-0.3, -0.25) is 0 Å². The van der Waals surface area contributed by atoms with Crippen molar-refractivity contribution in [3.63, 3.8) is 0 Å². The average Bonchev–Trinajstić information content (AvgIpc) is 2.49. The summed E-state index contributed by atoms with van der Waals surface area (Å²) < 4.78 is 10.5. The summed E-state index contributed by atoms with van der Waals surface area (Å²) in [5, 5.41) is 0. The van der Waals surface area contributed by atoms with Gasteiger partial charge in [-0.2, -0.15) is 0 Å². The lowest BCUT2D eigenvalue weighted by Crippen LogP contribution is -2.02. The van der Waals surface area contributed by atoms with Crippen molar-refractivity contribution in [2.45, 2.75) is 4.90 Å². The van der Waals surface area contributed by atoms with Crippen LogP contribution in [-0.4, -0.2) is 19.3 Å². The number of nitrogens with two attached hydrogens (primary N) is 1. The Labute approximate surface area is 121 Å². The average molecular weight is 289 g/mol. The molecular weight excluding hydrogens is 274 g/mol. The van der Waals surface area contributed by atoms with Crippen molar-refractivity contribution in [1.82, 2.24) is 0 Å². The molecule has 104 valence electrons. The van der Waals surface area contributed by atoms with Crippen LogP contribution in [-0.2, 0) is 4.74 Å². The molecule has 5 heteroatoms. The van der Waals surface area contributed by atoms with Crippen LogP contribution in [0.25, 0.3) is 0 Å². The standard InChI is InChI=1S/C15H15NO3S/c1-18-15(17)10-7-8-11(16)13(9-10)19-12-5-3-4-6-14(12)20-2/h3-9H,16H2,1-2H3. The summed E-state index contributed by atoms with van der Waals surface area (Å²) >= 11 is 1.58. The molecule has 0 unspecified atom stereocenters. The summed E-state index contributed by atoms with van der Waals surface area (Å²) in [5.74, 6) is 0.719. The largest absolute Gasteiger partial charge is 0.465 e. The van der Waals surface area contributed by atoms with Crippen molar-refractivity contribution >= 4 is 23.4 Å². The number of nitrogen functional groups attached to an aromatic ring is 1. The Balaban J connectivity index is 2.35. The Kier molecular flexibility index (Phi) is 4.53. The number of rotatable bonds is 4. The van der Waals surface area contributed by atoms with E-state index in [1.165, 1.54) is 7.11 Å². The van der Waals surface area contributed by atoms with Gasteiger partial charge < -0.3 is 15.2 Å². The number of benzene rings is 2. The van der Waals surface area contributed by atoms with E-state index in [0.29, 0.717) is 22.7 Å². The molecule has 20 heavy (non-hydrogen) atoms. The van der Waals surface area contributed by atoms with Crippen LogP contribution in [0.5, 0.6) is 11.5 Å². The van der Waals surface area contributed by atoms with Crippen LogP contribution in [0, 0.1) is 0 Å². The number of esters is 1. The molecule has 0 spiro atoms. The van der Waals surface area contributed by atoms with Crippen molar-refractivity contribution < 1.29 is 14.3 Å². The van der Waals surface area contributed by atoms with E-state index < -0.39 is 5.97 Å². The van der Waals surface area contributed by atoms with Crippen molar-refractivity contribution in [2.24, 2.45) is 0 Å². The summed E-state index contributed by atoms with van der Waals surface area (Å²) in [6, 6.07) is 12.5. The molecule has 0 bridgehead atoms. The number of thioether (sulfide) groups is 1. The van der Waals surface area contributed by atoms with Crippen molar-refractivity contribution in [1.29, 1.82) is 0 Å². The topological polar surface area (TPSA) is 61.5 Å². The minimum absolute atomic E-state index is 0.401. The lowest BCUT2D eigenvalue weighted by Gasteiger charge is -2.12. The van der Waals surface area contributed by atoms with Crippen LogP contribution in [0.4, 0.5) is 5.69 Å². The zero-order chi connectivity index (χ0) is 14.5. The number of hydrogen-bond donors (Lipinski definition) is 1. The molecule has 0 aromatic heterocycles. The molecule has 0 aliphatic rings. The predicted molar refractivity (Wildman–Crippen MR) is 80.5 cm³/mol. The molecule has 0 amide bonds. The molecule has 2 aromatic rings. The second-order valence-electron chi connectivity index (χ2n) is 4.00. The number of carbonyl (C=O) groups is 1. The van der Waals surface area contributed by atoms with Crippen LogP contribution in [0.3, 0.4) is 0 Å². The van der Waals surface area contributed by atoms with E-state index in [0.717, 1.165) is 4.90 Å². The Morgan fingerprint density at radius 1 is 1.15 bits per heavy atom. The van der Waals surface area contributed by atoms with Gasteiger partial charge in [0.1, 0.15) is 5.75 Å². The van der Waals surface area contributed by atoms with Gasteiger partial charge in [-0.05, 0) is 36.6 Å². The molecular formula is C15H15NO3S. The highest BCUT2D eigenvalue weighted by Gasteiger charge is 2.11. The van der Waals surface area contributed by atoms with E-state index in [1.54, 1.807) is 30.0 Å². The third-order valence-corrected chi connectivity index (χ3v) is 3.50. The second kappa shape index (κ2) is 6.34. The molecule has 0 atom stereocenters. The Bertz CT molecular complexity index is 628. The third kappa shape index (κ3) is 3.05. The number of para-hydroxylation sites is 1. The normalized spacial score (nSPS) is 10.1. The van der Waals surface area contributed by atoms with Crippen LogP contribution < -0.4 is 10.5 Å². The highest BCUT2D eigenvalue weighted by Crippen LogP contribution is 2.34. The van der Waals surface area contributed by atoms with Gasteiger partial charge in [0.05, 0.1) is 18.4 Å². The molecule has 0 saturated heterocycles. The van der Waals surface area contributed by atoms with E-state index in [-0.39, 0.29) is 0 Å². The van der Waals surface area contributed by atoms with Gasteiger partial charge in [0.2, 0.25) is 0 Å². The Morgan fingerprint density at radius 3 is 2.60 bits per heavy atom. The number of methoxy groups -OCH3 is 1. The zero-order valence-corrected chi connectivity index (χ0v) is 12.1. The van der Waals surface area contributed by atoms with Gasteiger partial charge in [0, 0.05) is 4.90 Å². The number of hydrogen-bond acceptors (Lipinski definition) is 5. The van der Waals surface area contributed by atoms with E-state index in [4.69, 9.17) is 10.5 Å². The van der Waals surface area contributed by atoms with Crippen LogP contribution in [0.15, 0.2) is 47.4 Å². The maximum Gasteiger partial charge on any atom is 0.337 e. The summed E-state index contributed by atoms with van der Waals surface area (Å²) in [6.07, 6.45) is 1.97. The maximum absolute atomic E-state index is 11.5. The van der Waals surface area contributed by atoms with Crippen LogP contribution in [0.1, 0.15) is 10.4 Å². The molecule has 0 heterocycles. The highest BCUT2D eigenvalue weighted by molar-refractivity contribution is 7.98. The van der Waals surface area contributed by atoms with Crippen LogP contribution in [0.2, 0.25) is 0 Å². The van der Waals surface area contributed by atoms with Gasteiger partial charge in [-0.25, -0.2) is 4.79 Å². The molecule has 2 N–H and O–H groups in total. The van der Waals surface area contributed by atoms with E-state index in [2.05, 4.69) is 4.74 Å². The zero-order valence-electron chi connectivity index (χ0n) is 11.3. The molecule has 0 aliphatic heterocycles. The van der Waals surface area contributed by atoms with Crippen molar-refractivity contribution in [3.8, 4) is 11.5 Å². The van der Waals surface area contributed by atoms with Gasteiger partial charge in [0.15, 0.2) is 5.75 Å². The Hall–Kier alpha value is -2.14. The van der Waals surface area contributed by atoms with Crippen molar-refractivity contribution in [3.05, 3.63) is 48.0 Å². The van der Waals surface area contributed by atoms with Gasteiger partial charge >= 0.3 is 5.97 Å². The van der Waals surface area contributed by atoms with Crippen molar-refractivity contribution in [2.75, 3.05) is 19.1 Å². The molecule has 0 fully saturated rings. The minimum atomic E-state index is -0.423. The number of anilines is 1. The SMILES string of the molecule is COC(=O)c1ccc(N)c(Oc2ccccc2SC)c1. The second-order valence-corrected chi connectivity index (χ2v) is 4.85.